The Morgan fingerprint density at radius 3 is 1.45 bits per heavy atom. The molecule has 0 bridgehead atoms. The normalized spacial score (nSPS) is 10.2. The molecule has 1 aromatic carbocycles. The maximum Gasteiger partial charge on any atom is 1.00 e. The van der Waals surface area contributed by atoms with Crippen molar-refractivity contribution in [2.45, 2.75) is 110 Å². The van der Waals surface area contributed by atoms with Crippen LogP contribution in [0, 0.1) is 0 Å². The third kappa shape index (κ3) is 16.4. The van der Waals surface area contributed by atoms with Crippen LogP contribution in [0.4, 0.5) is 0 Å². The molecule has 0 N–H and O–H groups in total. The Labute approximate surface area is 233 Å². The number of carbonyl (C=O) groups is 2. The van der Waals surface area contributed by atoms with E-state index in [1.165, 1.54) is 95.2 Å². The van der Waals surface area contributed by atoms with Crippen molar-refractivity contribution in [2.75, 3.05) is 0 Å². The van der Waals surface area contributed by atoms with Gasteiger partial charge < -0.3 is 19.8 Å². The third-order valence-electron chi connectivity index (χ3n) is 5.61. The van der Waals surface area contributed by atoms with Gasteiger partial charge in [0.15, 0.2) is 0 Å². The molecule has 0 aliphatic carbocycles. The summed E-state index contributed by atoms with van der Waals surface area (Å²) in [5.74, 6) is -2.54. The fourth-order valence-corrected chi connectivity index (χ4v) is 3.81. The molecular formula is C25H38Na2O4. The van der Waals surface area contributed by atoms with Gasteiger partial charge in [-0.25, -0.2) is 0 Å². The second kappa shape index (κ2) is 22.0. The van der Waals surface area contributed by atoms with Gasteiger partial charge in [0.05, 0.1) is 11.9 Å². The molecule has 1 rings (SSSR count). The molecule has 0 fully saturated rings. The van der Waals surface area contributed by atoms with Crippen LogP contribution in [0.1, 0.15) is 130 Å². The maximum absolute atomic E-state index is 11.2. The van der Waals surface area contributed by atoms with Gasteiger partial charge in [-0.1, -0.05) is 109 Å². The topological polar surface area (TPSA) is 80.3 Å². The van der Waals surface area contributed by atoms with Crippen LogP contribution in [-0.2, 0) is 6.42 Å². The van der Waals surface area contributed by atoms with E-state index in [0.717, 1.165) is 19.3 Å². The number of carboxylic acids is 2. The number of carboxylic acid groups (broad SMARTS) is 2. The summed E-state index contributed by atoms with van der Waals surface area (Å²) in [4.78, 5) is 22.2. The summed E-state index contributed by atoms with van der Waals surface area (Å²) in [7, 11) is 0. The summed E-state index contributed by atoms with van der Waals surface area (Å²) in [6, 6.07) is 3.97. The first kappa shape index (κ1) is 33.3. The molecule has 31 heavy (non-hydrogen) atoms. The summed E-state index contributed by atoms with van der Waals surface area (Å²) in [5.41, 5.74) is 0.632. The van der Waals surface area contributed by atoms with Gasteiger partial charge in [0.25, 0.3) is 0 Å². The van der Waals surface area contributed by atoms with E-state index in [4.69, 9.17) is 0 Å². The first-order valence-electron chi connectivity index (χ1n) is 11.6. The Morgan fingerprint density at radius 1 is 0.645 bits per heavy atom. The summed E-state index contributed by atoms with van der Waals surface area (Å²) in [6.45, 7) is 2.25. The molecule has 6 heteroatoms. The molecule has 0 saturated carbocycles. The number of unbranched alkanes of at least 4 members (excludes halogenated alkanes) is 14. The minimum atomic E-state index is -1.28. The van der Waals surface area contributed by atoms with Crippen LogP contribution < -0.4 is 69.3 Å². The summed E-state index contributed by atoms with van der Waals surface area (Å²) >= 11 is 0. The molecule has 0 radical (unpaired) electrons. The number of rotatable bonds is 18. The van der Waals surface area contributed by atoms with Crippen LogP contribution in [0.5, 0.6) is 0 Å². The summed E-state index contributed by atoms with van der Waals surface area (Å²) < 4.78 is 0. The fraction of sp³-hybridized carbons (Fsp3) is 0.680. The molecule has 4 nitrogen and oxygen atoms in total. The van der Waals surface area contributed by atoms with Gasteiger partial charge in [-0.05, 0) is 30.0 Å². The zero-order valence-corrected chi connectivity index (χ0v) is 24.2. The first-order valence-corrected chi connectivity index (χ1v) is 11.6. The Kier molecular flexibility index (Phi) is 23.6. The van der Waals surface area contributed by atoms with Gasteiger partial charge >= 0.3 is 59.1 Å². The van der Waals surface area contributed by atoms with Crippen molar-refractivity contribution in [3.8, 4) is 0 Å². The Bertz CT molecular complexity index is 605. The SMILES string of the molecule is CCCCCCCCCCCCCCCCCc1cc(C(=O)[O-])ccc1C(=O)[O-].[Na+].[Na+]. The minimum Gasteiger partial charge on any atom is -0.545 e. The van der Waals surface area contributed by atoms with Crippen LogP contribution in [0.25, 0.3) is 0 Å². The van der Waals surface area contributed by atoms with Crippen molar-refractivity contribution in [1.29, 1.82) is 0 Å². The van der Waals surface area contributed by atoms with E-state index in [-0.39, 0.29) is 70.2 Å². The molecule has 0 aromatic heterocycles. The van der Waals surface area contributed by atoms with Crippen molar-refractivity contribution in [3.63, 3.8) is 0 Å². The van der Waals surface area contributed by atoms with Crippen molar-refractivity contribution in [3.05, 3.63) is 34.9 Å². The van der Waals surface area contributed by atoms with Gasteiger partial charge in [0.2, 0.25) is 0 Å². The standard InChI is InChI=1S/C25H40O4.2Na/c1-2-3-4-5-6-7-8-9-10-11-12-13-14-15-16-17-21-20-22(24(26)27)18-19-23(21)25(28)29;;/h18-20H,2-17H2,1H3,(H,26,27)(H,28,29);;/q;2*+1/p-2. The average Bonchev–Trinajstić information content (AvgIpc) is 2.70. The van der Waals surface area contributed by atoms with Crippen molar-refractivity contribution in [1.82, 2.24) is 0 Å². The smallest absolute Gasteiger partial charge is 0.545 e. The first-order chi connectivity index (χ1) is 14.1. The molecule has 0 amide bonds. The predicted molar refractivity (Wildman–Crippen MR) is 114 cm³/mol. The molecule has 164 valence electrons. The van der Waals surface area contributed by atoms with E-state index in [1.54, 1.807) is 0 Å². The monoisotopic (exact) mass is 448 g/mol. The largest absolute Gasteiger partial charge is 1.00 e. The van der Waals surface area contributed by atoms with Crippen molar-refractivity contribution < 1.29 is 78.9 Å². The Morgan fingerprint density at radius 2 is 1.06 bits per heavy atom. The van der Waals surface area contributed by atoms with Gasteiger partial charge in [0.1, 0.15) is 0 Å². The number of carbonyl (C=O) groups excluding carboxylic acids is 2. The van der Waals surface area contributed by atoms with Crippen LogP contribution in [0.3, 0.4) is 0 Å². The third-order valence-corrected chi connectivity index (χ3v) is 5.61. The molecular weight excluding hydrogens is 410 g/mol. The Balaban J connectivity index is 0. The second-order valence-corrected chi connectivity index (χ2v) is 8.15. The zero-order valence-electron chi connectivity index (χ0n) is 20.2. The molecule has 0 aliphatic rings. The van der Waals surface area contributed by atoms with Crippen molar-refractivity contribution >= 4 is 11.9 Å². The molecule has 0 atom stereocenters. The fourth-order valence-electron chi connectivity index (χ4n) is 3.81. The van der Waals surface area contributed by atoms with Crippen LogP contribution in [-0.4, -0.2) is 11.9 Å². The number of aryl methyl sites for hydroxylation is 1. The van der Waals surface area contributed by atoms with Crippen LogP contribution >= 0.6 is 0 Å². The van der Waals surface area contributed by atoms with Gasteiger partial charge in [-0.2, -0.15) is 0 Å². The van der Waals surface area contributed by atoms with Crippen LogP contribution in [0.15, 0.2) is 18.2 Å². The Hall–Kier alpha value is 0.160. The van der Waals surface area contributed by atoms with E-state index in [0.29, 0.717) is 12.0 Å². The maximum atomic E-state index is 11.2. The van der Waals surface area contributed by atoms with E-state index < -0.39 is 11.9 Å². The molecule has 0 heterocycles. The number of hydrogen-bond acceptors (Lipinski definition) is 4. The number of hydrogen-bond donors (Lipinski definition) is 0. The molecule has 0 saturated heterocycles. The van der Waals surface area contributed by atoms with E-state index in [2.05, 4.69) is 6.92 Å². The van der Waals surface area contributed by atoms with Crippen LogP contribution in [0.2, 0.25) is 0 Å². The second-order valence-electron chi connectivity index (χ2n) is 8.15. The average molecular weight is 449 g/mol. The predicted octanol–water partition coefficient (Wildman–Crippen LogP) is -1.16. The zero-order chi connectivity index (χ0) is 21.3. The minimum absolute atomic E-state index is 0. The number of benzene rings is 1. The molecule has 0 spiro atoms. The van der Waals surface area contributed by atoms with E-state index in [1.807, 2.05) is 0 Å². The number of aromatic carboxylic acids is 2. The summed E-state index contributed by atoms with van der Waals surface area (Å²) in [5, 5.41) is 22.2. The van der Waals surface area contributed by atoms with Gasteiger partial charge in [-0.15, -0.1) is 0 Å². The van der Waals surface area contributed by atoms with E-state index >= 15 is 0 Å². The molecule has 1 aromatic rings. The molecule has 0 unspecified atom stereocenters. The quantitative estimate of drug-likeness (QED) is 0.210. The van der Waals surface area contributed by atoms with Gasteiger partial charge in [-0.3, -0.25) is 0 Å². The van der Waals surface area contributed by atoms with Gasteiger partial charge in [0, 0.05) is 5.56 Å². The molecule has 0 aliphatic heterocycles. The summed E-state index contributed by atoms with van der Waals surface area (Å²) in [6.07, 6.45) is 19.7. The van der Waals surface area contributed by atoms with Crippen molar-refractivity contribution in [2.24, 2.45) is 0 Å². The van der Waals surface area contributed by atoms with E-state index in [9.17, 15) is 19.8 Å².